The summed E-state index contributed by atoms with van der Waals surface area (Å²) in [5.74, 6) is 0.0646. The Morgan fingerprint density at radius 3 is 2.82 bits per heavy atom. The van der Waals surface area contributed by atoms with Crippen LogP contribution in [-0.4, -0.2) is 53.3 Å². The molecule has 2 aliphatic rings. The molecule has 1 aliphatic heterocycles. The molecule has 1 aromatic rings. The molecule has 2 fully saturated rings. The van der Waals surface area contributed by atoms with E-state index in [4.69, 9.17) is 4.74 Å². The molecule has 1 aromatic heterocycles. The smallest absolute Gasteiger partial charge is 0.253 e. The second kappa shape index (κ2) is 5.97. The Morgan fingerprint density at radius 1 is 1.50 bits per heavy atom. The van der Waals surface area contributed by atoms with Gasteiger partial charge in [-0.2, -0.15) is 0 Å². The van der Waals surface area contributed by atoms with Crippen molar-refractivity contribution >= 4 is 5.91 Å². The van der Waals surface area contributed by atoms with Crippen molar-refractivity contribution < 1.29 is 14.6 Å². The minimum Gasteiger partial charge on any atom is -0.392 e. The normalized spacial score (nSPS) is 26.8. The van der Waals surface area contributed by atoms with Crippen LogP contribution in [0.15, 0.2) is 18.3 Å². The summed E-state index contributed by atoms with van der Waals surface area (Å²) in [7, 11) is 1.71. The standard InChI is InChI=1S/C17H24N2O3/c1-3-13-10-12(4-7-18-13)16(21)19-8-5-17(6-9-19)14(20)11-15(17)22-2/h4,7,10,14-15,20H,3,5-6,8-9,11H2,1-2H3/t14-,15+/m1/s1. The lowest BCUT2D eigenvalue weighted by atomic mass is 9.58. The van der Waals surface area contributed by atoms with E-state index >= 15 is 0 Å². The molecule has 0 aromatic carbocycles. The summed E-state index contributed by atoms with van der Waals surface area (Å²) in [6.07, 6.45) is 4.71. The quantitative estimate of drug-likeness (QED) is 0.922. The fourth-order valence-electron chi connectivity index (χ4n) is 3.83. The number of pyridine rings is 1. The van der Waals surface area contributed by atoms with Gasteiger partial charge in [-0.15, -0.1) is 0 Å². The Hall–Kier alpha value is -1.46. The number of hydrogen-bond acceptors (Lipinski definition) is 4. The van der Waals surface area contributed by atoms with Crippen LogP contribution >= 0.6 is 0 Å². The van der Waals surface area contributed by atoms with Crippen molar-refractivity contribution in [2.75, 3.05) is 20.2 Å². The molecule has 3 rings (SSSR count). The van der Waals surface area contributed by atoms with Gasteiger partial charge in [0.2, 0.25) is 0 Å². The minimum absolute atomic E-state index is 0.0646. The SMILES string of the molecule is CCc1cc(C(=O)N2CCC3(CC2)[C@H](O)C[C@@H]3OC)ccn1. The predicted molar refractivity (Wildman–Crippen MR) is 82.6 cm³/mol. The fraction of sp³-hybridized carbons (Fsp3) is 0.647. The zero-order valence-electron chi connectivity index (χ0n) is 13.3. The number of piperidine rings is 1. The fourth-order valence-corrected chi connectivity index (χ4v) is 3.83. The van der Waals surface area contributed by atoms with Gasteiger partial charge >= 0.3 is 0 Å². The van der Waals surface area contributed by atoms with Crippen molar-refractivity contribution in [3.63, 3.8) is 0 Å². The monoisotopic (exact) mass is 304 g/mol. The lowest BCUT2D eigenvalue weighted by Crippen LogP contribution is -2.62. The van der Waals surface area contributed by atoms with E-state index in [1.807, 2.05) is 17.9 Å². The number of hydrogen-bond donors (Lipinski definition) is 1. The Bertz CT molecular complexity index is 553. The number of rotatable bonds is 3. The van der Waals surface area contributed by atoms with Crippen molar-refractivity contribution in [3.05, 3.63) is 29.6 Å². The summed E-state index contributed by atoms with van der Waals surface area (Å²) in [4.78, 5) is 18.8. The third-order valence-corrected chi connectivity index (χ3v) is 5.43. The highest BCUT2D eigenvalue weighted by atomic mass is 16.5. The zero-order valence-corrected chi connectivity index (χ0v) is 13.3. The lowest BCUT2D eigenvalue weighted by Gasteiger charge is -2.56. The molecule has 1 amide bonds. The number of likely N-dealkylation sites (tertiary alicyclic amines) is 1. The van der Waals surface area contributed by atoms with Crippen LogP contribution in [0.4, 0.5) is 0 Å². The molecule has 0 radical (unpaired) electrons. The van der Waals surface area contributed by atoms with Gasteiger partial charge in [0.1, 0.15) is 0 Å². The average Bonchev–Trinajstić information content (AvgIpc) is 2.59. The summed E-state index contributed by atoms with van der Waals surface area (Å²) >= 11 is 0. The first-order chi connectivity index (χ1) is 10.6. The van der Waals surface area contributed by atoms with Crippen molar-refractivity contribution in [1.82, 2.24) is 9.88 Å². The van der Waals surface area contributed by atoms with E-state index in [0.29, 0.717) is 25.1 Å². The first-order valence-electron chi connectivity index (χ1n) is 8.06. The summed E-state index contributed by atoms with van der Waals surface area (Å²) < 4.78 is 5.49. The molecule has 1 spiro atoms. The highest BCUT2D eigenvalue weighted by molar-refractivity contribution is 5.94. The maximum Gasteiger partial charge on any atom is 0.253 e. The van der Waals surface area contributed by atoms with E-state index in [9.17, 15) is 9.90 Å². The number of carbonyl (C=O) groups is 1. The summed E-state index contributed by atoms with van der Waals surface area (Å²) in [5, 5.41) is 10.1. The van der Waals surface area contributed by atoms with Crippen LogP contribution in [-0.2, 0) is 11.2 Å². The van der Waals surface area contributed by atoms with Crippen LogP contribution in [0.2, 0.25) is 0 Å². The zero-order chi connectivity index (χ0) is 15.7. The molecule has 1 saturated carbocycles. The number of methoxy groups -OCH3 is 1. The van der Waals surface area contributed by atoms with Gasteiger partial charge in [0, 0.05) is 49.5 Å². The van der Waals surface area contributed by atoms with Gasteiger partial charge in [-0.3, -0.25) is 9.78 Å². The van der Waals surface area contributed by atoms with Crippen molar-refractivity contribution in [2.45, 2.75) is 44.8 Å². The highest BCUT2D eigenvalue weighted by Gasteiger charge is 2.56. The molecule has 1 N–H and O–H groups in total. The minimum atomic E-state index is -0.290. The molecular formula is C17H24N2O3. The van der Waals surface area contributed by atoms with Gasteiger partial charge < -0.3 is 14.7 Å². The molecule has 0 bridgehead atoms. The summed E-state index contributed by atoms with van der Waals surface area (Å²) in [6.45, 7) is 3.39. The Kier molecular flexibility index (Phi) is 4.19. The van der Waals surface area contributed by atoms with E-state index in [2.05, 4.69) is 4.98 Å². The van der Waals surface area contributed by atoms with Crippen molar-refractivity contribution in [1.29, 1.82) is 0 Å². The number of aromatic nitrogens is 1. The number of aliphatic hydroxyl groups is 1. The van der Waals surface area contributed by atoms with Crippen LogP contribution in [0.1, 0.15) is 42.2 Å². The Morgan fingerprint density at radius 2 is 2.23 bits per heavy atom. The molecule has 2 heterocycles. The molecule has 0 unspecified atom stereocenters. The van der Waals surface area contributed by atoms with E-state index in [-0.39, 0.29) is 23.5 Å². The maximum absolute atomic E-state index is 12.6. The summed E-state index contributed by atoms with van der Waals surface area (Å²) in [5.41, 5.74) is 1.51. The van der Waals surface area contributed by atoms with Crippen LogP contribution in [0.25, 0.3) is 0 Å². The number of carbonyl (C=O) groups excluding carboxylic acids is 1. The first kappa shape index (κ1) is 15.4. The molecule has 2 atom stereocenters. The second-order valence-electron chi connectivity index (χ2n) is 6.39. The van der Waals surface area contributed by atoms with Crippen LogP contribution in [0.3, 0.4) is 0 Å². The number of aryl methyl sites for hydroxylation is 1. The van der Waals surface area contributed by atoms with Gasteiger partial charge in [0.15, 0.2) is 0 Å². The third-order valence-electron chi connectivity index (χ3n) is 5.43. The maximum atomic E-state index is 12.6. The van der Waals surface area contributed by atoms with Gasteiger partial charge in [0.05, 0.1) is 12.2 Å². The number of aliphatic hydroxyl groups excluding tert-OH is 1. The van der Waals surface area contributed by atoms with E-state index < -0.39 is 0 Å². The van der Waals surface area contributed by atoms with Gasteiger partial charge in [0.25, 0.3) is 5.91 Å². The average molecular weight is 304 g/mol. The van der Waals surface area contributed by atoms with Crippen LogP contribution < -0.4 is 0 Å². The lowest BCUT2D eigenvalue weighted by molar-refractivity contribution is -0.199. The number of nitrogens with zero attached hydrogens (tertiary/aromatic N) is 2. The predicted octanol–water partition coefficient (Wildman–Crippen LogP) is 1.65. The summed E-state index contributed by atoms with van der Waals surface area (Å²) in [6, 6.07) is 3.66. The number of amides is 1. The van der Waals surface area contributed by atoms with Crippen LogP contribution in [0, 0.1) is 5.41 Å². The Balaban J connectivity index is 1.67. The van der Waals surface area contributed by atoms with E-state index in [0.717, 1.165) is 25.0 Å². The van der Waals surface area contributed by atoms with Gasteiger partial charge in [-0.25, -0.2) is 0 Å². The first-order valence-corrected chi connectivity index (χ1v) is 8.06. The molecule has 1 aliphatic carbocycles. The molecule has 22 heavy (non-hydrogen) atoms. The third kappa shape index (κ3) is 2.42. The second-order valence-corrected chi connectivity index (χ2v) is 6.39. The van der Waals surface area contributed by atoms with E-state index in [1.165, 1.54) is 0 Å². The van der Waals surface area contributed by atoms with Crippen LogP contribution in [0.5, 0.6) is 0 Å². The van der Waals surface area contributed by atoms with Crippen molar-refractivity contribution in [3.8, 4) is 0 Å². The molecule has 120 valence electrons. The van der Waals surface area contributed by atoms with Crippen molar-refractivity contribution in [2.24, 2.45) is 5.41 Å². The largest absolute Gasteiger partial charge is 0.392 e. The Labute approximate surface area is 131 Å². The molecule has 5 heteroatoms. The molecular weight excluding hydrogens is 280 g/mol. The topological polar surface area (TPSA) is 62.7 Å². The van der Waals surface area contributed by atoms with E-state index in [1.54, 1.807) is 19.4 Å². The van der Waals surface area contributed by atoms with Gasteiger partial charge in [-0.05, 0) is 31.4 Å². The molecule has 1 saturated heterocycles. The van der Waals surface area contributed by atoms with Gasteiger partial charge in [-0.1, -0.05) is 6.92 Å². The molecule has 5 nitrogen and oxygen atoms in total. The highest BCUT2D eigenvalue weighted by Crippen LogP contribution is 2.50. The number of ether oxygens (including phenoxy) is 1.